The lowest BCUT2D eigenvalue weighted by Crippen LogP contribution is -2.43. The molecule has 1 unspecified atom stereocenters. The van der Waals surface area contributed by atoms with Crippen molar-refractivity contribution >= 4 is 11.9 Å². The zero-order valence-electron chi connectivity index (χ0n) is 10.3. The molecule has 0 aromatic rings. The molecule has 1 aliphatic carbocycles. The van der Waals surface area contributed by atoms with E-state index in [0.717, 1.165) is 25.7 Å². The number of nitrogens with one attached hydrogen (secondary N) is 1. The Kier molecular flexibility index (Phi) is 5.97. The summed E-state index contributed by atoms with van der Waals surface area (Å²) in [5.41, 5.74) is 0. The van der Waals surface area contributed by atoms with E-state index in [4.69, 9.17) is 0 Å². The molecule has 0 aliphatic heterocycles. The van der Waals surface area contributed by atoms with E-state index in [0.29, 0.717) is 0 Å². The van der Waals surface area contributed by atoms with Crippen LogP contribution in [0.15, 0.2) is 0 Å². The van der Waals surface area contributed by atoms with Crippen LogP contribution in [0.4, 0.5) is 0 Å². The molecule has 0 aromatic heterocycles. The quantitative estimate of drug-likeness (QED) is 0.699. The van der Waals surface area contributed by atoms with Crippen molar-refractivity contribution in [1.29, 1.82) is 0 Å². The van der Waals surface area contributed by atoms with E-state index >= 15 is 0 Å². The minimum absolute atomic E-state index is 0.146. The number of carbonyl (C=O) groups excluding carboxylic acids is 2. The first-order valence-electron chi connectivity index (χ1n) is 6.27. The Morgan fingerprint density at radius 3 is 2.59 bits per heavy atom. The maximum Gasteiger partial charge on any atom is 0.308 e. The Morgan fingerprint density at radius 1 is 1.35 bits per heavy atom. The fraction of sp³-hybridized carbons (Fsp3) is 0.833. The van der Waals surface area contributed by atoms with Crippen molar-refractivity contribution in [2.75, 3.05) is 6.61 Å². The molecule has 5 heteroatoms. The van der Waals surface area contributed by atoms with E-state index in [1.165, 1.54) is 6.42 Å². The number of carbonyl (C=O) groups is 2. The first-order chi connectivity index (χ1) is 8.13. The summed E-state index contributed by atoms with van der Waals surface area (Å²) in [7, 11) is 0. The Labute approximate surface area is 102 Å². The van der Waals surface area contributed by atoms with E-state index in [9.17, 15) is 14.7 Å². The molecule has 0 saturated heterocycles. The van der Waals surface area contributed by atoms with Gasteiger partial charge in [0.2, 0.25) is 5.91 Å². The van der Waals surface area contributed by atoms with Gasteiger partial charge in [0.1, 0.15) is 6.10 Å². The van der Waals surface area contributed by atoms with Gasteiger partial charge in [-0.2, -0.15) is 0 Å². The predicted molar refractivity (Wildman–Crippen MR) is 62.3 cm³/mol. The van der Waals surface area contributed by atoms with Crippen molar-refractivity contribution in [2.45, 2.75) is 57.6 Å². The summed E-state index contributed by atoms with van der Waals surface area (Å²) in [4.78, 5) is 22.7. The van der Waals surface area contributed by atoms with Gasteiger partial charge >= 0.3 is 5.97 Å². The van der Waals surface area contributed by atoms with Crippen LogP contribution in [-0.4, -0.2) is 35.7 Å². The minimum atomic E-state index is -1.30. The Hall–Kier alpha value is -1.10. The maximum atomic E-state index is 11.6. The maximum absolute atomic E-state index is 11.6. The normalized spacial score (nSPS) is 18.5. The average Bonchev–Trinajstić information content (AvgIpc) is 2.30. The van der Waals surface area contributed by atoms with Gasteiger partial charge in [0.25, 0.3) is 0 Å². The second kappa shape index (κ2) is 7.27. The molecule has 0 radical (unpaired) electrons. The molecule has 1 amide bonds. The number of hydrogen-bond acceptors (Lipinski definition) is 4. The number of rotatable bonds is 5. The van der Waals surface area contributed by atoms with Crippen molar-refractivity contribution in [3.05, 3.63) is 0 Å². The van der Waals surface area contributed by atoms with Crippen LogP contribution in [0, 0.1) is 0 Å². The highest BCUT2D eigenvalue weighted by molar-refractivity contribution is 5.85. The number of esters is 1. The standard InChI is InChI=1S/C12H21NO4/c1-2-17-11(15)8-10(14)12(16)13-9-6-4-3-5-7-9/h9-10,14H,2-8H2,1H3,(H,13,16). The predicted octanol–water partition coefficient (Wildman–Crippen LogP) is 0.749. The van der Waals surface area contributed by atoms with Gasteiger partial charge in [-0.3, -0.25) is 9.59 Å². The fourth-order valence-corrected chi connectivity index (χ4v) is 2.01. The number of amides is 1. The summed E-state index contributed by atoms with van der Waals surface area (Å²) in [6, 6.07) is 0.146. The molecule has 1 aliphatic rings. The average molecular weight is 243 g/mol. The van der Waals surface area contributed by atoms with Crippen LogP contribution < -0.4 is 5.32 Å². The Bertz CT molecular complexity index is 261. The smallest absolute Gasteiger partial charge is 0.308 e. The molecule has 1 rings (SSSR count). The molecule has 17 heavy (non-hydrogen) atoms. The molecule has 0 spiro atoms. The highest BCUT2D eigenvalue weighted by atomic mass is 16.5. The first kappa shape index (κ1) is 14.0. The first-order valence-corrected chi connectivity index (χ1v) is 6.27. The molecule has 0 aromatic carbocycles. The number of aliphatic hydroxyl groups excluding tert-OH is 1. The lowest BCUT2D eigenvalue weighted by atomic mass is 9.95. The fourth-order valence-electron chi connectivity index (χ4n) is 2.01. The summed E-state index contributed by atoms with van der Waals surface area (Å²) in [6.07, 6.45) is 3.77. The van der Waals surface area contributed by atoms with Crippen molar-refractivity contribution < 1.29 is 19.4 Å². The third-order valence-electron chi connectivity index (χ3n) is 2.92. The number of aliphatic hydroxyl groups is 1. The third kappa shape index (κ3) is 5.17. The third-order valence-corrected chi connectivity index (χ3v) is 2.92. The van der Waals surface area contributed by atoms with E-state index in [1.54, 1.807) is 6.92 Å². The molecule has 1 saturated carbocycles. The second-order valence-corrected chi connectivity index (χ2v) is 4.37. The molecule has 5 nitrogen and oxygen atoms in total. The van der Waals surface area contributed by atoms with Crippen LogP contribution in [0.1, 0.15) is 45.4 Å². The summed E-state index contributed by atoms with van der Waals surface area (Å²) < 4.78 is 4.67. The highest BCUT2D eigenvalue weighted by Crippen LogP contribution is 2.17. The number of ether oxygens (including phenoxy) is 1. The van der Waals surface area contributed by atoms with E-state index in [-0.39, 0.29) is 19.1 Å². The van der Waals surface area contributed by atoms with Gasteiger partial charge in [0.05, 0.1) is 13.0 Å². The van der Waals surface area contributed by atoms with Crippen LogP contribution in [0.5, 0.6) is 0 Å². The van der Waals surface area contributed by atoms with Gasteiger partial charge in [-0.05, 0) is 19.8 Å². The van der Waals surface area contributed by atoms with Gasteiger partial charge in [-0.1, -0.05) is 19.3 Å². The van der Waals surface area contributed by atoms with Gasteiger partial charge in [0, 0.05) is 6.04 Å². The van der Waals surface area contributed by atoms with Crippen LogP contribution >= 0.6 is 0 Å². The summed E-state index contributed by atoms with van der Waals surface area (Å²) in [5.74, 6) is -1.01. The van der Waals surface area contributed by atoms with E-state index in [1.807, 2.05) is 0 Å². The van der Waals surface area contributed by atoms with Crippen molar-refractivity contribution in [3.63, 3.8) is 0 Å². The topological polar surface area (TPSA) is 75.6 Å². The van der Waals surface area contributed by atoms with Gasteiger partial charge < -0.3 is 15.2 Å². The van der Waals surface area contributed by atoms with Crippen molar-refractivity contribution in [1.82, 2.24) is 5.32 Å². The Balaban J connectivity index is 2.28. The molecule has 0 bridgehead atoms. The van der Waals surface area contributed by atoms with Crippen LogP contribution in [-0.2, 0) is 14.3 Å². The van der Waals surface area contributed by atoms with Crippen molar-refractivity contribution in [3.8, 4) is 0 Å². The van der Waals surface area contributed by atoms with Crippen LogP contribution in [0.3, 0.4) is 0 Å². The molecule has 0 heterocycles. The second-order valence-electron chi connectivity index (χ2n) is 4.37. The highest BCUT2D eigenvalue weighted by Gasteiger charge is 2.23. The Morgan fingerprint density at radius 2 is 2.00 bits per heavy atom. The minimum Gasteiger partial charge on any atom is -0.466 e. The molecule has 2 N–H and O–H groups in total. The molecule has 98 valence electrons. The van der Waals surface area contributed by atoms with Crippen LogP contribution in [0.25, 0.3) is 0 Å². The van der Waals surface area contributed by atoms with Gasteiger partial charge in [-0.25, -0.2) is 0 Å². The monoisotopic (exact) mass is 243 g/mol. The van der Waals surface area contributed by atoms with E-state index < -0.39 is 18.0 Å². The summed E-state index contributed by atoms with van der Waals surface area (Å²) in [6.45, 7) is 1.95. The lowest BCUT2D eigenvalue weighted by Gasteiger charge is -2.23. The van der Waals surface area contributed by atoms with Gasteiger partial charge in [-0.15, -0.1) is 0 Å². The molecule has 1 fully saturated rings. The van der Waals surface area contributed by atoms with Gasteiger partial charge in [0.15, 0.2) is 0 Å². The molecule has 1 atom stereocenters. The van der Waals surface area contributed by atoms with E-state index in [2.05, 4.69) is 10.1 Å². The van der Waals surface area contributed by atoms with Crippen molar-refractivity contribution in [2.24, 2.45) is 0 Å². The largest absolute Gasteiger partial charge is 0.466 e. The lowest BCUT2D eigenvalue weighted by molar-refractivity contribution is -0.148. The summed E-state index contributed by atoms with van der Waals surface area (Å²) in [5, 5.41) is 12.3. The molecular weight excluding hydrogens is 222 g/mol. The van der Waals surface area contributed by atoms with Crippen LogP contribution in [0.2, 0.25) is 0 Å². The number of hydrogen-bond donors (Lipinski definition) is 2. The summed E-state index contributed by atoms with van der Waals surface area (Å²) >= 11 is 0. The zero-order chi connectivity index (χ0) is 12.7. The molecular formula is C12H21NO4. The SMILES string of the molecule is CCOC(=O)CC(O)C(=O)NC1CCCCC1. The zero-order valence-corrected chi connectivity index (χ0v) is 10.3.